The van der Waals surface area contributed by atoms with E-state index >= 15 is 0 Å². The van der Waals surface area contributed by atoms with Crippen LogP contribution in [-0.2, 0) is 0 Å². The number of aromatic amines is 1. The third-order valence-electron chi connectivity index (χ3n) is 3.44. The molecule has 1 amide bonds. The number of hydrogen-bond donors (Lipinski definition) is 2. The Labute approximate surface area is 126 Å². The van der Waals surface area contributed by atoms with E-state index in [4.69, 9.17) is 0 Å². The molecule has 3 heterocycles. The van der Waals surface area contributed by atoms with Crippen molar-refractivity contribution in [3.05, 3.63) is 26.0 Å². The molecule has 2 aromatic rings. The van der Waals surface area contributed by atoms with Crippen LogP contribution >= 0.6 is 27.3 Å². The number of amides is 1. The van der Waals surface area contributed by atoms with Gasteiger partial charge in [-0.25, -0.2) is 9.78 Å². The first-order valence-electron chi connectivity index (χ1n) is 6.25. The van der Waals surface area contributed by atoms with E-state index < -0.39 is 6.09 Å². The molecule has 0 radical (unpaired) electrons. The Morgan fingerprint density at radius 2 is 2.35 bits per heavy atom. The van der Waals surface area contributed by atoms with Crippen LogP contribution in [0.2, 0.25) is 0 Å². The molecule has 1 fully saturated rings. The fourth-order valence-corrected chi connectivity index (χ4v) is 3.95. The SMILES string of the molecule is O=C(O)N1CCCC[C@@H]1c1nc2cc(Br)sc2c(=O)[nH]1. The van der Waals surface area contributed by atoms with Crippen LogP contribution in [0.4, 0.5) is 4.79 Å². The zero-order valence-corrected chi connectivity index (χ0v) is 12.8. The van der Waals surface area contributed by atoms with E-state index in [1.54, 1.807) is 6.07 Å². The first kappa shape index (κ1) is 13.6. The zero-order chi connectivity index (χ0) is 14.3. The third-order valence-corrected chi connectivity index (χ3v) is 5.06. The number of fused-ring (bicyclic) bond motifs is 1. The van der Waals surface area contributed by atoms with Gasteiger partial charge in [0.25, 0.3) is 5.56 Å². The van der Waals surface area contributed by atoms with Gasteiger partial charge in [-0.15, -0.1) is 11.3 Å². The highest BCUT2D eigenvalue weighted by atomic mass is 79.9. The minimum absolute atomic E-state index is 0.211. The summed E-state index contributed by atoms with van der Waals surface area (Å²) in [7, 11) is 0. The second-order valence-electron chi connectivity index (χ2n) is 4.70. The largest absolute Gasteiger partial charge is 0.465 e. The number of rotatable bonds is 1. The number of halogens is 1. The van der Waals surface area contributed by atoms with Crippen molar-refractivity contribution in [2.75, 3.05) is 6.54 Å². The molecular weight excluding hydrogens is 346 g/mol. The monoisotopic (exact) mass is 357 g/mol. The van der Waals surface area contributed by atoms with E-state index in [1.807, 2.05) is 0 Å². The van der Waals surface area contributed by atoms with Crippen LogP contribution in [-0.4, -0.2) is 32.6 Å². The predicted octanol–water partition coefficient (Wildman–Crippen LogP) is 2.95. The Hall–Kier alpha value is -1.41. The van der Waals surface area contributed by atoms with Gasteiger partial charge in [0.1, 0.15) is 10.5 Å². The van der Waals surface area contributed by atoms with Crippen LogP contribution in [0.1, 0.15) is 31.1 Å². The maximum absolute atomic E-state index is 12.1. The van der Waals surface area contributed by atoms with E-state index in [0.29, 0.717) is 29.0 Å². The van der Waals surface area contributed by atoms with Gasteiger partial charge in [-0.1, -0.05) is 0 Å². The molecule has 0 saturated carbocycles. The lowest BCUT2D eigenvalue weighted by Gasteiger charge is -2.32. The van der Waals surface area contributed by atoms with Crippen LogP contribution in [0.5, 0.6) is 0 Å². The number of nitrogens with one attached hydrogen (secondary N) is 1. The van der Waals surface area contributed by atoms with Crippen LogP contribution in [0.25, 0.3) is 10.2 Å². The number of carbonyl (C=O) groups is 1. The molecule has 8 heteroatoms. The van der Waals surface area contributed by atoms with Gasteiger partial charge in [-0.3, -0.25) is 9.69 Å². The maximum Gasteiger partial charge on any atom is 0.407 e. The van der Waals surface area contributed by atoms with Crippen LogP contribution in [0, 0.1) is 0 Å². The number of H-pyrrole nitrogens is 1. The Morgan fingerprint density at radius 1 is 1.55 bits per heavy atom. The lowest BCUT2D eigenvalue weighted by atomic mass is 10.0. The molecule has 1 atom stereocenters. The Kier molecular flexibility index (Phi) is 3.51. The van der Waals surface area contributed by atoms with E-state index in [1.165, 1.54) is 16.2 Å². The van der Waals surface area contributed by atoms with Crippen LogP contribution < -0.4 is 5.56 Å². The zero-order valence-electron chi connectivity index (χ0n) is 10.4. The molecule has 0 aromatic carbocycles. The lowest BCUT2D eigenvalue weighted by molar-refractivity contribution is 0.104. The average Bonchev–Trinajstić information content (AvgIpc) is 2.79. The molecule has 20 heavy (non-hydrogen) atoms. The van der Waals surface area contributed by atoms with Gasteiger partial charge in [-0.2, -0.15) is 0 Å². The molecule has 0 spiro atoms. The molecule has 1 aliphatic heterocycles. The fraction of sp³-hybridized carbons (Fsp3) is 0.417. The Morgan fingerprint density at radius 3 is 3.10 bits per heavy atom. The minimum atomic E-state index is -0.969. The smallest absolute Gasteiger partial charge is 0.407 e. The van der Waals surface area contributed by atoms with Gasteiger partial charge in [0.15, 0.2) is 0 Å². The summed E-state index contributed by atoms with van der Waals surface area (Å²) in [6.45, 7) is 0.481. The summed E-state index contributed by atoms with van der Waals surface area (Å²) in [5.41, 5.74) is 0.396. The fourth-order valence-electron chi connectivity index (χ4n) is 2.53. The van der Waals surface area contributed by atoms with Gasteiger partial charge in [0, 0.05) is 6.54 Å². The van der Waals surface area contributed by atoms with Crippen molar-refractivity contribution in [2.24, 2.45) is 0 Å². The number of likely N-dealkylation sites (tertiary alicyclic amines) is 1. The summed E-state index contributed by atoms with van der Waals surface area (Å²) >= 11 is 4.66. The van der Waals surface area contributed by atoms with Crippen molar-refractivity contribution in [3.63, 3.8) is 0 Å². The average molecular weight is 358 g/mol. The second-order valence-corrected chi connectivity index (χ2v) is 7.14. The quantitative estimate of drug-likeness (QED) is 0.821. The molecule has 106 valence electrons. The van der Waals surface area contributed by atoms with Gasteiger partial charge in [0.05, 0.1) is 15.3 Å². The number of hydrogen-bond acceptors (Lipinski definition) is 4. The number of thiophene rings is 1. The van der Waals surface area contributed by atoms with Crippen molar-refractivity contribution in [3.8, 4) is 0 Å². The molecule has 1 saturated heterocycles. The van der Waals surface area contributed by atoms with Crippen molar-refractivity contribution in [1.29, 1.82) is 0 Å². The predicted molar refractivity (Wildman–Crippen MR) is 79.3 cm³/mol. The number of carboxylic acid groups (broad SMARTS) is 1. The standard InChI is InChI=1S/C12H12BrN3O3S/c13-8-5-6-9(20-8)11(17)15-10(14-6)7-3-1-2-4-16(7)12(18)19/h5,7H,1-4H2,(H,18,19)(H,14,15,17)/t7-/m1/s1. The first-order chi connectivity index (χ1) is 9.56. The van der Waals surface area contributed by atoms with Crippen molar-refractivity contribution in [2.45, 2.75) is 25.3 Å². The molecule has 6 nitrogen and oxygen atoms in total. The van der Waals surface area contributed by atoms with Crippen molar-refractivity contribution < 1.29 is 9.90 Å². The van der Waals surface area contributed by atoms with E-state index in [2.05, 4.69) is 25.9 Å². The molecule has 1 aliphatic rings. The van der Waals surface area contributed by atoms with Gasteiger partial charge in [-0.05, 0) is 41.3 Å². The highest BCUT2D eigenvalue weighted by Gasteiger charge is 2.29. The molecule has 0 aliphatic carbocycles. The molecule has 3 rings (SSSR count). The van der Waals surface area contributed by atoms with Crippen molar-refractivity contribution in [1.82, 2.24) is 14.9 Å². The number of nitrogens with zero attached hydrogens (tertiary/aromatic N) is 2. The summed E-state index contributed by atoms with van der Waals surface area (Å²) in [6, 6.07) is 1.42. The molecule has 0 bridgehead atoms. The summed E-state index contributed by atoms with van der Waals surface area (Å²) in [5.74, 6) is 0.440. The number of piperidine rings is 1. The van der Waals surface area contributed by atoms with Gasteiger partial charge >= 0.3 is 6.09 Å². The van der Waals surface area contributed by atoms with E-state index in [9.17, 15) is 14.7 Å². The molecule has 2 aromatic heterocycles. The highest BCUT2D eigenvalue weighted by Crippen LogP contribution is 2.31. The normalized spacial score (nSPS) is 19.4. The summed E-state index contributed by atoms with van der Waals surface area (Å²) in [6.07, 6.45) is 1.50. The molecule has 0 unspecified atom stereocenters. The second kappa shape index (κ2) is 5.17. The van der Waals surface area contributed by atoms with E-state index in [-0.39, 0.29) is 11.6 Å². The topological polar surface area (TPSA) is 86.3 Å². The molecule has 2 N–H and O–H groups in total. The molecular formula is C12H12BrN3O3S. The summed E-state index contributed by atoms with van der Waals surface area (Å²) in [4.78, 5) is 31.9. The maximum atomic E-state index is 12.1. The summed E-state index contributed by atoms with van der Waals surface area (Å²) < 4.78 is 1.39. The first-order valence-corrected chi connectivity index (χ1v) is 7.86. The summed E-state index contributed by atoms with van der Waals surface area (Å²) in [5, 5.41) is 9.26. The minimum Gasteiger partial charge on any atom is -0.465 e. The highest BCUT2D eigenvalue weighted by molar-refractivity contribution is 9.11. The van der Waals surface area contributed by atoms with Gasteiger partial charge < -0.3 is 10.1 Å². The number of aromatic nitrogens is 2. The lowest BCUT2D eigenvalue weighted by Crippen LogP contribution is -2.38. The van der Waals surface area contributed by atoms with Crippen LogP contribution in [0.15, 0.2) is 14.6 Å². The van der Waals surface area contributed by atoms with Crippen LogP contribution in [0.3, 0.4) is 0 Å². The Bertz CT molecular complexity index is 726. The van der Waals surface area contributed by atoms with Gasteiger partial charge in [0.2, 0.25) is 0 Å². The third kappa shape index (κ3) is 2.33. The van der Waals surface area contributed by atoms with E-state index in [0.717, 1.165) is 16.6 Å². The Balaban J connectivity index is 2.08. The van der Waals surface area contributed by atoms with Crippen molar-refractivity contribution >= 4 is 43.6 Å².